The second kappa shape index (κ2) is 6.92. The lowest BCUT2D eigenvalue weighted by Crippen LogP contribution is -2.48. The zero-order valence-corrected chi connectivity index (χ0v) is 14.4. The maximum absolute atomic E-state index is 13.8. The SMILES string of the molecule is O=C(c1ccn2c(=O)[nH]nc2c1)N1CCN(Cc2cc(F)ccc2F)CC1. The average molecular weight is 373 g/mol. The van der Waals surface area contributed by atoms with E-state index in [4.69, 9.17) is 0 Å². The molecular weight excluding hydrogens is 356 g/mol. The number of nitrogens with one attached hydrogen (secondary N) is 1. The molecule has 1 N–H and O–H groups in total. The minimum Gasteiger partial charge on any atom is -0.336 e. The van der Waals surface area contributed by atoms with Crippen molar-refractivity contribution in [2.24, 2.45) is 0 Å². The van der Waals surface area contributed by atoms with E-state index in [1.54, 1.807) is 17.0 Å². The smallest absolute Gasteiger partial charge is 0.336 e. The number of nitrogens with zero attached hydrogens (tertiary/aromatic N) is 4. The van der Waals surface area contributed by atoms with Crippen molar-refractivity contribution in [3.05, 3.63) is 69.8 Å². The Balaban J connectivity index is 1.41. The molecule has 4 rings (SSSR count). The predicted molar refractivity (Wildman–Crippen MR) is 93.4 cm³/mol. The van der Waals surface area contributed by atoms with Gasteiger partial charge < -0.3 is 4.90 Å². The van der Waals surface area contributed by atoms with Crippen molar-refractivity contribution in [2.75, 3.05) is 26.2 Å². The Hall–Kier alpha value is -3.07. The van der Waals surface area contributed by atoms with Gasteiger partial charge in [-0.2, -0.15) is 5.10 Å². The van der Waals surface area contributed by atoms with Gasteiger partial charge in [-0.1, -0.05) is 0 Å². The number of hydrogen-bond acceptors (Lipinski definition) is 4. The monoisotopic (exact) mass is 373 g/mol. The summed E-state index contributed by atoms with van der Waals surface area (Å²) in [6.45, 7) is 2.38. The number of aromatic amines is 1. The Kier molecular flexibility index (Phi) is 4.44. The molecule has 1 fully saturated rings. The van der Waals surface area contributed by atoms with E-state index in [0.717, 1.165) is 12.1 Å². The number of rotatable bonds is 3. The van der Waals surface area contributed by atoms with Crippen LogP contribution in [0.1, 0.15) is 15.9 Å². The summed E-state index contributed by atoms with van der Waals surface area (Å²) in [6, 6.07) is 6.57. The molecule has 1 aliphatic rings. The molecule has 2 aromatic heterocycles. The van der Waals surface area contributed by atoms with Gasteiger partial charge in [-0.3, -0.25) is 14.1 Å². The molecule has 0 unspecified atom stereocenters. The van der Waals surface area contributed by atoms with E-state index in [1.807, 2.05) is 4.90 Å². The highest BCUT2D eigenvalue weighted by Gasteiger charge is 2.23. The van der Waals surface area contributed by atoms with Crippen LogP contribution in [0.2, 0.25) is 0 Å². The first-order chi connectivity index (χ1) is 13.0. The number of benzene rings is 1. The number of aromatic nitrogens is 3. The quantitative estimate of drug-likeness (QED) is 0.750. The van der Waals surface area contributed by atoms with Crippen molar-refractivity contribution in [3.63, 3.8) is 0 Å². The van der Waals surface area contributed by atoms with E-state index in [0.29, 0.717) is 49.5 Å². The lowest BCUT2D eigenvalue weighted by atomic mass is 10.1. The third-order valence-electron chi connectivity index (χ3n) is 4.73. The number of hydrogen-bond donors (Lipinski definition) is 1. The van der Waals surface area contributed by atoms with Gasteiger partial charge in [-0.05, 0) is 30.3 Å². The van der Waals surface area contributed by atoms with Crippen LogP contribution < -0.4 is 5.69 Å². The van der Waals surface area contributed by atoms with Gasteiger partial charge in [0.1, 0.15) is 11.6 Å². The minimum atomic E-state index is -0.465. The molecule has 1 amide bonds. The molecule has 0 bridgehead atoms. The molecule has 0 aliphatic carbocycles. The van der Waals surface area contributed by atoms with Gasteiger partial charge in [0, 0.05) is 50.0 Å². The number of carbonyl (C=O) groups is 1. The van der Waals surface area contributed by atoms with Crippen molar-refractivity contribution in [1.82, 2.24) is 24.4 Å². The number of fused-ring (bicyclic) bond motifs is 1. The topological polar surface area (TPSA) is 73.7 Å². The molecule has 0 saturated carbocycles. The molecule has 7 nitrogen and oxygen atoms in total. The fourth-order valence-corrected chi connectivity index (χ4v) is 3.23. The number of halogens is 2. The number of amides is 1. The van der Waals surface area contributed by atoms with E-state index in [2.05, 4.69) is 10.2 Å². The second-order valence-electron chi connectivity index (χ2n) is 6.48. The Morgan fingerprint density at radius 1 is 1.11 bits per heavy atom. The molecule has 9 heteroatoms. The summed E-state index contributed by atoms with van der Waals surface area (Å²) in [4.78, 5) is 27.9. The van der Waals surface area contributed by atoms with Gasteiger partial charge in [0.15, 0.2) is 5.65 Å². The molecule has 140 valence electrons. The standard InChI is InChI=1S/C18H17F2N5O2/c19-14-1-2-15(20)13(9-14)11-23-5-7-24(8-6-23)17(26)12-3-4-25-16(10-12)21-22-18(25)27/h1-4,9-10H,5-8,11H2,(H,22,27). The molecule has 1 saturated heterocycles. The van der Waals surface area contributed by atoms with Crippen LogP contribution in [-0.4, -0.2) is 56.5 Å². The summed E-state index contributed by atoms with van der Waals surface area (Å²) in [5, 5.41) is 6.19. The van der Waals surface area contributed by atoms with E-state index < -0.39 is 11.6 Å². The third kappa shape index (κ3) is 3.45. The van der Waals surface area contributed by atoms with Crippen LogP contribution in [0.25, 0.3) is 5.65 Å². The highest BCUT2D eigenvalue weighted by Crippen LogP contribution is 2.15. The number of carbonyl (C=O) groups excluding carboxylic acids is 1. The highest BCUT2D eigenvalue weighted by atomic mass is 19.1. The fourth-order valence-electron chi connectivity index (χ4n) is 3.23. The molecule has 3 aromatic rings. The summed E-state index contributed by atoms with van der Waals surface area (Å²) in [5.74, 6) is -1.05. The zero-order chi connectivity index (χ0) is 19.0. The van der Waals surface area contributed by atoms with Crippen molar-refractivity contribution < 1.29 is 13.6 Å². The molecule has 0 atom stereocenters. The first kappa shape index (κ1) is 17.3. The van der Waals surface area contributed by atoms with Crippen LogP contribution in [-0.2, 0) is 6.54 Å². The third-order valence-corrected chi connectivity index (χ3v) is 4.73. The van der Waals surface area contributed by atoms with E-state index in [9.17, 15) is 18.4 Å². The molecule has 0 spiro atoms. The van der Waals surface area contributed by atoms with Crippen LogP contribution in [0.3, 0.4) is 0 Å². The van der Waals surface area contributed by atoms with E-state index >= 15 is 0 Å². The predicted octanol–water partition coefficient (Wildman–Crippen LogP) is 1.26. The zero-order valence-electron chi connectivity index (χ0n) is 14.4. The van der Waals surface area contributed by atoms with Crippen LogP contribution in [0.15, 0.2) is 41.3 Å². The largest absolute Gasteiger partial charge is 0.347 e. The Morgan fingerprint density at radius 2 is 1.89 bits per heavy atom. The number of pyridine rings is 1. The normalized spacial score (nSPS) is 15.4. The lowest BCUT2D eigenvalue weighted by Gasteiger charge is -2.34. The molecular formula is C18H17F2N5O2. The summed E-state index contributed by atoms with van der Waals surface area (Å²) in [6.07, 6.45) is 1.51. The molecule has 0 radical (unpaired) electrons. The molecule has 1 aliphatic heterocycles. The van der Waals surface area contributed by atoms with Crippen LogP contribution in [0.5, 0.6) is 0 Å². The maximum Gasteiger partial charge on any atom is 0.347 e. The number of piperazine rings is 1. The van der Waals surface area contributed by atoms with Crippen LogP contribution in [0.4, 0.5) is 8.78 Å². The summed E-state index contributed by atoms with van der Waals surface area (Å²) in [7, 11) is 0. The molecule has 1 aromatic carbocycles. The first-order valence-corrected chi connectivity index (χ1v) is 8.53. The summed E-state index contributed by atoms with van der Waals surface area (Å²) < 4.78 is 28.4. The van der Waals surface area contributed by atoms with E-state index in [-0.39, 0.29) is 11.6 Å². The molecule has 3 heterocycles. The van der Waals surface area contributed by atoms with Gasteiger partial charge in [0.25, 0.3) is 5.91 Å². The van der Waals surface area contributed by atoms with Gasteiger partial charge in [-0.25, -0.2) is 18.7 Å². The highest BCUT2D eigenvalue weighted by molar-refractivity contribution is 5.95. The van der Waals surface area contributed by atoms with Crippen LogP contribution >= 0.6 is 0 Å². The van der Waals surface area contributed by atoms with Crippen molar-refractivity contribution in [1.29, 1.82) is 0 Å². The van der Waals surface area contributed by atoms with E-state index in [1.165, 1.54) is 16.7 Å². The van der Waals surface area contributed by atoms with Crippen LogP contribution in [0, 0.1) is 11.6 Å². The summed E-state index contributed by atoms with van der Waals surface area (Å²) in [5.41, 5.74) is 0.781. The fraction of sp³-hybridized carbons (Fsp3) is 0.278. The first-order valence-electron chi connectivity index (χ1n) is 8.53. The summed E-state index contributed by atoms with van der Waals surface area (Å²) >= 11 is 0. The van der Waals surface area contributed by atoms with Crippen molar-refractivity contribution in [2.45, 2.75) is 6.54 Å². The Morgan fingerprint density at radius 3 is 2.67 bits per heavy atom. The maximum atomic E-state index is 13.8. The second-order valence-corrected chi connectivity index (χ2v) is 6.48. The van der Waals surface area contributed by atoms with Gasteiger partial charge in [-0.15, -0.1) is 0 Å². The van der Waals surface area contributed by atoms with Crippen molar-refractivity contribution in [3.8, 4) is 0 Å². The Labute approximate surface area is 152 Å². The molecule has 27 heavy (non-hydrogen) atoms. The van der Waals surface area contributed by atoms with Gasteiger partial charge >= 0.3 is 5.69 Å². The average Bonchev–Trinajstić information content (AvgIpc) is 3.05. The lowest BCUT2D eigenvalue weighted by molar-refractivity contribution is 0.0627. The minimum absolute atomic E-state index is 0.149. The van der Waals surface area contributed by atoms with Gasteiger partial charge in [0.05, 0.1) is 0 Å². The van der Waals surface area contributed by atoms with Gasteiger partial charge in [0.2, 0.25) is 0 Å². The number of H-pyrrole nitrogens is 1. The Bertz CT molecular complexity index is 1050. The van der Waals surface area contributed by atoms with Crippen molar-refractivity contribution >= 4 is 11.6 Å².